The van der Waals surface area contributed by atoms with E-state index in [1.807, 2.05) is 24.3 Å². The number of aromatic nitrogens is 1. The van der Waals surface area contributed by atoms with E-state index in [2.05, 4.69) is 10.5 Å². The number of ether oxygens (including phenoxy) is 3. The molecule has 0 aliphatic rings. The summed E-state index contributed by atoms with van der Waals surface area (Å²) in [7, 11) is 4.66. The summed E-state index contributed by atoms with van der Waals surface area (Å²) in [5.41, 5.74) is 1.88. The number of hydrogen-bond acceptors (Lipinski definition) is 6. The normalized spacial score (nSPS) is 10.3. The Labute approximate surface area is 150 Å². The molecule has 7 heteroatoms. The fourth-order valence-electron chi connectivity index (χ4n) is 2.41. The van der Waals surface area contributed by atoms with Gasteiger partial charge < -0.3 is 24.1 Å². The first-order valence-electron chi connectivity index (χ1n) is 7.79. The van der Waals surface area contributed by atoms with Crippen LogP contribution in [0, 0.1) is 0 Å². The molecule has 26 heavy (non-hydrogen) atoms. The van der Waals surface area contributed by atoms with E-state index < -0.39 is 5.91 Å². The lowest BCUT2D eigenvalue weighted by Crippen LogP contribution is -2.11. The number of carbonyl (C=O) groups is 1. The molecule has 3 aromatic rings. The molecule has 0 aliphatic carbocycles. The Kier molecular flexibility index (Phi) is 5.07. The van der Waals surface area contributed by atoms with Crippen molar-refractivity contribution in [2.45, 2.75) is 0 Å². The van der Waals surface area contributed by atoms with E-state index in [0.717, 1.165) is 5.56 Å². The van der Waals surface area contributed by atoms with Crippen LogP contribution < -0.4 is 19.5 Å². The molecule has 1 N–H and O–H groups in total. The molecular weight excluding hydrogens is 336 g/mol. The zero-order chi connectivity index (χ0) is 18.5. The van der Waals surface area contributed by atoms with E-state index in [-0.39, 0.29) is 5.76 Å². The van der Waals surface area contributed by atoms with Crippen molar-refractivity contribution in [3.63, 3.8) is 0 Å². The first-order valence-corrected chi connectivity index (χ1v) is 7.79. The highest BCUT2D eigenvalue weighted by Gasteiger charge is 2.15. The number of hydrogen-bond donors (Lipinski definition) is 1. The molecule has 3 rings (SSSR count). The van der Waals surface area contributed by atoms with E-state index in [1.165, 1.54) is 7.11 Å². The average Bonchev–Trinajstić information content (AvgIpc) is 3.18. The Balaban J connectivity index is 1.78. The maximum Gasteiger partial charge on any atom is 0.294 e. The van der Waals surface area contributed by atoms with Gasteiger partial charge in [0.05, 0.1) is 21.3 Å². The third-order valence-electron chi connectivity index (χ3n) is 3.74. The molecule has 0 saturated heterocycles. The molecule has 2 aromatic carbocycles. The van der Waals surface area contributed by atoms with Crippen molar-refractivity contribution in [3.8, 4) is 28.5 Å². The van der Waals surface area contributed by atoms with Gasteiger partial charge in [-0.3, -0.25) is 4.79 Å². The van der Waals surface area contributed by atoms with Crippen molar-refractivity contribution in [2.24, 2.45) is 0 Å². The first-order chi connectivity index (χ1) is 12.6. The predicted octanol–water partition coefficient (Wildman–Crippen LogP) is 3.62. The van der Waals surface area contributed by atoms with E-state index in [1.54, 1.807) is 38.5 Å². The summed E-state index contributed by atoms with van der Waals surface area (Å²) in [6.07, 6.45) is 0. The minimum absolute atomic E-state index is 0.0950. The second kappa shape index (κ2) is 7.60. The van der Waals surface area contributed by atoms with Gasteiger partial charge in [-0.15, -0.1) is 0 Å². The van der Waals surface area contributed by atoms with Gasteiger partial charge in [-0.25, -0.2) is 0 Å². The van der Waals surface area contributed by atoms with Gasteiger partial charge in [0.15, 0.2) is 11.5 Å². The van der Waals surface area contributed by atoms with Crippen LogP contribution in [0.5, 0.6) is 17.2 Å². The van der Waals surface area contributed by atoms with Crippen LogP contribution in [-0.2, 0) is 0 Å². The molecule has 0 bridgehead atoms. The maximum atomic E-state index is 12.4. The molecule has 0 saturated carbocycles. The van der Waals surface area contributed by atoms with Gasteiger partial charge in [-0.05, 0) is 24.3 Å². The van der Waals surface area contributed by atoms with Gasteiger partial charge in [0.2, 0.25) is 5.76 Å². The Morgan fingerprint density at radius 1 is 0.962 bits per heavy atom. The Bertz CT molecular complexity index is 920. The summed E-state index contributed by atoms with van der Waals surface area (Å²) < 4.78 is 20.8. The van der Waals surface area contributed by atoms with Crippen LogP contribution in [0.4, 0.5) is 5.69 Å². The summed E-state index contributed by atoms with van der Waals surface area (Å²) in [5, 5.41) is 6.69. The Morgan fingerprint density at radius 2 is 1.77 bits per heavy atom. The van der Waals surface area contributed by atoms with Crippen LogP contribution >= 0.6 is 0 Å². The molecular formula is C19H18N2O5. The second-order valence-corrected chi connectivity index (χ2v) is 5.33. The van der Waals surface area contributed by atoms with Crippen LogP contribution in [0.1, 0.15) is 10.6 Å². The number of carbonyl (C=O) groups excluding carboxylic acids is 1. The van der Waals surface area contributed by atoms with Crippen LogP contribution in [0.3, 0.4) is 0 Å². The smallest absolute Gasteiger partial charge is 0.294 e. The summed E-state index contributed by atoms with van der Waals surface area (Å²) >= 11 is 0. The highest BCUT2D eigenvalue weighted by molar-refractivity contribution is 6.02. The maximum absolute atomic E-state index is 12.4. The number of anilines is 1. The third kappa shape index (κ3) is 3.61. The zero-order valence-electron chi connectivity index (χ0n) is 14.6. The van der Waals surface area contributed by atoms with Crippen molar-refractivity contribution in [1.82, 2.24) is 5.16 Å². The van der Waals surface area contributed by atoms with Gasteiger partial charge in [0.25, 0.3) is 5.91 Å². The fraction of sp³-hybridized carbons (Fsp3) is 0.158. The molecule has 0 atom stereocenters. The van der Waals surface area contributed by atoms with Crippen molar-refractivity contribution in [2.75, 3.05) is 26.6 Å². The van der Waals surface area contributed by atoms with E-state index in [0.29, 0.717) is 28.6 Å². The monoisotopic (exact) mass is 354 g/mol. The zero-order valence-corrected chi connectivity index (χ0v) is 14.6. The number of amides is 1. The fourth-order valence-corrected chi connectivity index (χ4v) is 2.41. The third-order valence-corrected chi connectivity index (χ3v) is 3.74. The summed E-state index contributed by atoms with van der Waals surface area (Å²) in [4.78, 5) is 12.4. The Hall–Kier alpha value is -3.48. The van der Waals surface area contributed by atoms with Crippen molar-refractivity contribution < 1.29 is 23.5 Å². The lowest BCUT2D eigenvalue weighted by Gasteiger charge is -2.09. The molecule has 0 aliphatic heterocycles. The predicted molar refractivity (Wildman–Crippen MR) is 96.0 cm³/mol. The molecule has 1 aromatic heterocycles. The number of nitrogens with zero attached hydrogens (tertiary/aromatic N) is 1. The molecule has 0 unspecified atom stereocenters. The van der Waals surface area contributed by atoms with Gasteiger partial charge in [-0.1, -0.05) is 17.3 Å². The molecule has 1 heterocycles. The lowest BCUT2D eigenvalue weighted by molar-refractivity contribution is 0.0988. The molecule has 134 valence electrons. The van der Waals surface area contributed by atoms with E-state index in [9.17, 15) is 4.79 Å². The topological polar surface area (TPSA) is 82.8 Å². The van der Waals surface area contributed by atoms with E-state index >= 15 is 0 Å². The van der Waals surface area contributed by atoms with Gasteiger partial charge in [0, 0.05) is 23.4 Å². The van der Waals surface area contributed by atoms with Crippen LogP contribution in [0.15, 0.2) is 53.1 Å². The molecule has 0 fully saturated rings. The summed E-state index contributed by atoms with van der Waals surface area (Å²) in [6.45, 7) is 0. The molecule has 1 amide bonds. The van der Waals surface area contributed by atoms with Crippen molar-refractivity contribution >= 4 is 11.6 Å². The minimum Gasteiger partial charge on any atom is -0.497 e. The van der Waals surface area contributed by atoms with Crippen LogP contribution in [0.2, 0.25) is 0 Å². The largest absolute Gasteiger partial charge is 0.497 e. The quantitative estimate of drug-likeness (QED) is 0.728. The number of rotatable bonds is 6. The average molecular weight is 354 g/mol. The van der Waals surface area contributed by atoms with E-state index in [4.69, 9.17) is 18.7 Å². The number of nitrogens with one attached hydrogen (secondary N) is 1. The number of benzene rings is 2. The minimum atomic E-state index is -0.418. The summed E-state index contributed by atoms with van der Waals surface area (Å²) in [5.74, 6) is 1.46. The highest BCUT2D eigenvalue weighted by Crippen LogP contribution is 2.30. The second-order valence-electron chi connectivity index (χ2n) is 5.33. The molecule has 0 spiro atoms. The Morgan fingerprint density at radius 3 is 2.50 bits per heavy atom. The van der Waals surface area contributed by atoms with Crippen LogP contribution in [0.25, 0.3) is 11.3 Å². The summed E-state index contributed by atoms with van der Waals surface area (Å²) in [6, 6.07) is 14.0. The van der Waals surface area contributed by atoms with Gasteiger partial charge >= 0.3 is 0 Å². The van der Waals surface area contributed by atoms with Crippen molar-refractivity contribution in [1.29, 1.82) is 0 Å². The first kappa shape index (κ1) is 17.3. The highest BCUT2D eigenvalue weighted by atomic mass is 16.5. The SMILES string of the molecule is COc1cccc(-c2cc(C(=O)Nc3ccc(OC)c(OC)c3)on2)c1. The molecule has 7 nitrogen and oxygen atoms in total. The standard InChI is InChI=1S/C19H18N2O5/c1-23-14-6-4-5-12(9-14)15-11-18(26-21-15)19(22)20-13-7-8-16(24-2)17(10-13)25-3/h4-11H,1-3H3,(H,20,22). The number of methoxy groups -OCH3 is 3. The van der Waals surface area contributed by atoms with Crippen LogP contribution in [-0.4, -0.2) is 32.4 Å². The van der Waals surface area contributed by atoms with Gasteiger partial charge in [0.1, 0.15) is 11.4 Å². The van der Waals surface area contributed by atoms with Gasteiger partial charge in [-0.2, -0.15) is 0 Å². The molecule has 0 radical (unpaired) electrons. The lowest BCUT2D eigenvalue weighted by atomic mass is 10.1. The van der Waals surface area contributed by atoms with Crippen molar-refractivity contribution in [3.05, 3.63) is 54.3 Å².